The lowest BCUT2D eigenvalue weighted by atomic mass is 10.2. The first-order chi connectivity index (χ1) is 14.1. The number of anilines is 2. The number of thiazole rings is 1. The molecule has 0 aliphatic heterocycles. The van der Waals surface area contributed by atoms with Gasteiger partial charge in [0.25, 0.3) is 5.91 Å². The number of benzene rings is 2. The summed E-state index contributed by atoms with van der Waals surface area (Å²) in [5.74, 6) is -0.170. The number of nitrogens with one attached hydrogen (secondary N) is 1. The third kappa shape index (κ3) is 4.44. The van der Waals surface area contributed by atoms with Crippen LogP contribution in [0.15, 0.2) is 70.3 Å². The van der Waals surface area contributed by atoms with Crippen LogP contribution in [0.25, 0.3) is 5.69 Å². The van der Waals surface area contributed by atoms with Crippen molar-refractivity contribution in [1.29, 1.82) is 0 Å². The van der Waals surface area contributed by atoms with Crippen LogP contribution >= 0.6 is 23.1 Å². The van der Waals surface area contributed by atoms with Crippen molar-refractivity contribution in [2.45, 2.75) is 9.50 Å². The highest BCUT2D eigenvalue weighted by Crippen LogP contribution is 2.33. The van der Waals surface area contributed by atoms with Crippen LogP contribution in [0.5, 0.6) is 0 Å². The van der Waals surface area contributed by atoms with Gasteiger partial charge in [-0.1, -0.05) is 29.5 Å². The van der Waals surface area contributed by atoms with Gasteiger partial charge in [-0.05, 0) is 58.6 Å². The molecule has 1 amide bonds. The molecule has 0 atom stereocenters. The summed E-state index contributed by atoms with van der Waals surface area (Å²) in [6.07, 6.45) is 1.63. The maximum Gasteiger partial charge on any atom is 0.256 e. The first-order valence-corrected chi connectivity index (χ1v) is 10.3. The molecule has 0 saturated heterocycles. The number of rotatable bonds is 6. The zero-order valence-corrected chi connectivity index (χ0v) is 17.3. The molecule has 0 bridgehead atoms. The third-order valence-electron chi connectivity index (χ3n) is 3.99. The minimum absolute atomic E-state index is 0.170. The fourth-order valence-corrected chi connectivity index (χ4v) is 4.28. The second-order valence-corrected chi connectivity index (χ2v) is 8.44. The van der Waals surface area contributed by atoms with E-state index in [9.17, 15) is 4.79 Å². The summed E-state index contributed by atoms with van der Waals surface area (Å²) in [5.41, 5.74) is 2.55. The summed E-state index contributed by atoms with van der Waals surface area (Å²) in [7, 11) is 3.98. The molecule has 1 N–H and O–H groups in total. The van der Waals surface area contributed by atoms with Crippen LogP contribution in [-0.4, -0.2) is 45.2 Å². The summed E-state index contributed by atoms with van der Waals surface area (Å²) in [6.45, 7) is 0. The van der Waals surface area contributed by atoms with E-state index in [2.05, 4.69) is 25.8 Å². The van der Waals surface area contributed by atoms with Crippen LogP contribution < -0.4 is 10.2 Å². The van der Waals surface area contributed by atoms with Gasteiger partial charge in [-0.2, -0.15) is 4.68 Å². The Kier molecular flexibility index (Phi) is 5.54. The van der Waals surface area contributed by atoms with Gasteiger partial charge in [0.1, 0.15) is 5.00 Å². The van der Waals surface area contributed by atoms with Gasteiger partial charge in [-0.25, -0.2) is 4.98 Å². The smallest absolute Gasteiger partial charge is 0.256 e. The van der Waals surface area contributed by atoms with Crippen LogP contribution in [0.3, 0.4) is 0 Å². The maximum atomic E-state index is 12.3. The Bertz CT molecular complexity index is 1110. The normalized spacial score (nSPS) is 10.7. The summed E-state index contributed by atoms with van der Waals surface area (Å²) >= 11 is 2.71. The molecule has 29 heavy (non-hydrogen) atoms. The highest BCUT2D eigenvalue weighted by Gasteiger charge is 2.14. The number of carbonyl (C=O) groups is 1. The van der Waals surface area contributed by atoms with Gasteiger partial charge >= 0.3 is 0 Å². The third-order valence-corrected chi connectivity index (χ3v) is 5.91. The Labute approximate surface area is 175 Å². The van der Waals surface area contributed by atoms with E-state index in [1.165, 1.54) is 23.1 Å². The lowest BCUT2D eigenvalue weighted by Crippen LogP contribution is -2.10. The predicted molar refractivity (Wildman–Crippen MR) is 114 cm³/mol. The van der Waals surface area contributed by atoms with Crippen molar-refractivity contribution in [2.75, 3.05) is 24.3 Å². The van der Waals surface area contributed by atoms with E-state index in [-0.39, 0.29) is 5.91 Å². The quantitative estimate of drug-likeness (QED) is 0.507. The number of tetrazole rings is 1. The summed E-state index contributed by atoms with van der Waals surface area (Å²) < 4.78 is 2.39. The van der Waals surface area contributed by atoms with Crippen LogP contribution in [0.4, 0.5) is 10.7 Å². The molecular formula is C19H17N7OS2. The number of hydrogen-bond acceptors (Lipinski definition) is 8. The predicted octanol–water partition coefficient (Wildman–Crippen LogP) is 3.59. The Hall–Kier alpha value is -3.24. The zero-order chi connectivity index (χ0) is 20.2. The molecule has 4 rings (SSSR count). The van der Waals surface area contributed by atoms with Crippen molar-refractivity contribution >= 4 is 39.7 Å². The molecule has 0 unspecified atom stereocenters. The fourth-order valence-electron chi connectivity index (χ4n) is 2.51. The largest absolute Gasteiger partial charge is 0.378 e. The first-order valence-electron chi connectivity index (χ1n) is 8.66. The minimum Gasteiger partial charge on any atom is -0.378 e. The summed E-state index contributed by atoms with van der Waals surface area (Å²) in [5, 5.41) is 16.1. The van der Waals surface area contributed by atoms with Crippen LogP contribution in [0, 0.1) is 0 Å². The minimum atomic E-state index is -0.170. The van der Waals surface area contributed by atoms with Gasteiger partial charge in [-0.15, -0.1) is 5.10 Å². The first kappa shape index (κ1) is 19.1. The number of hydrogen-bond donors (Lipinski definition) is 1. The molecule has 2 aromatic heterocycles. The molecule has 8 nitrogen and oxygen atoms in total. The molecule has 0 radical (unpaired) electrons. The second-order valence-electron chi connectivity index (χ2n) is 6.20. The van der Waals surface area contributed by atoms with Crippen molar-refractivity contribution in [3.8, 4) is 5.69 Å². The molecule has 0 aliphatic carbocycles. The second kappa shape index (κ2) is 8.41. The van der Waals surface area contributed by atoms with Crippen molar-refractivity contribution in [2.24, 2.45) is 0 Å². The average molecular weight is 424 g/mol. The van der Waals surface area contributed by atoms with Gasteiger partial charge in [0, 0.05) is 25.3 Å². The van der Waals surface area contributed by atoms with E-state index in [1.54, 1.807) is 23.0 Å². The van der Waals surface area contributed by atoms with E-state index in [1.807, 2.05) is 61.5 Å². The van der Waals surface area contributed by atoms with Crippen LogP contribution in [0.1, 0.15) is 10.4 Å². The van der Waals surface area contributed by atoms with Crippen LogP contribution in [-0.2, 0) is 0 Å². The summed E-state index contributed by atoms with van der Waals surface area (Å²) in [6, 6.07) is 17.0. The molecule has 0 aliphatic rings. The standard InChI is InChI=1S/C19H17N7OS2/c1-25(2)14-8-10-15(11-9-14)26-18(22-23-24-26)29-19-20-12-16(28-19)21-17(27)13-6-4-3-5-7-13/h3-12H,1-2H3,(H,21,27). The van der Waals surface area contributed by atoms with E-state index in [0.717, 1.165) is 15.7 Å². The Morgan fingerprint density at radius 2 is 1.86 bits per heavy atom. The van der Waals surface area contributed by atoms with E-state index >= 15 is 0 Å². The highest BCUT2D eigenvalue weighted by molar-refractivity contribution is 8.01. The molecule has 0 saturated carbocycles. The zero-order valence-electron chi connectivity index (χ0n) is 15.7. The number of carbonyl (C=O) groups excluding carboxylic acids is 1. The molecule has 4 aromatic rings. The maximum absolute atomic E-state index is 12.3. The van der Waals surface area contributed by atoms with Crippen LogP contribution in [0.2, 0.25) is 0 Å². The van der Waals surface area contributed by atoms with Crippen molar-refractivity contribution in [1.82, 2.24) is 25.2 Å². The highest BCUT2D eigenvalue weighted by atomic mass is 32.2. The van der Waals surface area contributed by atoms with Gasteiger partial charge in [-0.3, -0.25) is 4.79 Å². The monoisotopic (exact) mass is 423 g/mol. The van der Waals surface area contributed by atoms with E-state index < -0.39 is 0 Å². The van der Waals surface area contributed by atoms with Crippen molar-refractivity contribution in [3.05, 3.63) is 66.4 Å². The van der Waals surface area contributed by atoms with E-state index in [0.29, 0.717) is 15.7 Å². The molecule has 2 aromatic carbocycles. The molecule has 0 fully saturated rings. The van der Waals surface area contributed by atoms with E-state index in [4.69, 9.17) is 0 Å². The molecule has 10 heteroatoms. The molecule has 0 spiro atoms. The lowest BCUT2D eigenvalue weighted by molar-refractivity contribution is 0.102. The van der Waals surface area contributed by atoms with Crippen molar-refractivity contribution in [3.63, 3.8) is 0 Å². The molecular weight excluding hydrogens is 406 g/mol. The summed E-state index contributed by atoms with van der Waals surface area (Å²) in [4.78, 5) is 18.7. The van der Waals surface area contributed by atoms with Gasteiger partial charge in [0.05, 0.1) is 11.9 Å². The van der Waals surface area contributed by atoms with Gasteiger partial charge in [0.15, 0.2) is 4.34 Å². The molecule has 146 valence electrons. The Balaban J connectivity index is 1.47. The van der Waals surface area contributed by atoms with Gasteiger partial charge < -0.3 is 10.2 Å². The SMILES string of the molecule is CN(C)c1ccc(-n2nnnc2Sc2ncc(NC(=O)c3ccccc3)s2)cc1. The topological polar surface area (TPSA) is 88.8 Å². The Morgan fingerprint density at radius 1 is 1.10 bits per heavy atom. The lowest BCUT2D eigenvalue weighted by Gasteiger charge is -2.12. The number of nitrogens with zero attached hydrogens (tertiary/aromatic N) is 6. The Morgan fingerprint density at radius 3 is 2.59 bits per heavy atom. The van der Waals surface area contributed by atoms with Gasteiger partial charge in [0.2, 0.25) is 5.16 Å². The number of aromatic nitrogens is 5. The molecule has 2 heterocycles. The average Bonchev–Trinajstić information content (AvgIpc) is 3.38. The fraction of sp³-hybridized carbons (Fsp3) is 0.105. The van der Waals surface area contributed by atoms with Crippen molar-refractivity contribution < 1.29 is 4.79 Å². The number of amides is 1.